The third-order valence-electron chi connectivity index (χ3n) is 3.29. The SMILES string of the molecule is CCCN(CCC)c1ccc(NC(=O)c2cccc(F)c2)nn1. The molecule has 6 heteroatoms. The van der Waals surface area contributed by atoms with E-state index in [1.165, 1.54) is 18.2 Å². The van der Waals surface area contributed by atoms with Crippen LogP contribution in [0.25, 0.3) is 0 Å². The van der Waals surface area contributed by atoms with Crippen molar-refractivity contribution in [3.63, 3.8) is 0 Å². The minimum Gasteiger partial charge on any atom is -0.355 e. The summed E-state index contributed by atoms with van der Waals surface area (Å²) >= 11 is 0. The van der Waals surface area contributed by atoms with E-state index in [0.717, 1.165) is 31.7 Å². The Morgan fingerprint density at radius 2 is 1.87 bits per heavy atom. The van der Waals surface area contributed by atoms with E-state index in [1.54, 1.807) is 12.1 Å². The third-order valence-corrected chi connectivity index (χ3v) is 3.29. The number of hydrogen-bond acceptors (Lipinski definition) is 4. The normalized spacial score (nSPS) is 10.4. The van der Waals surface area contributed by atoms with Crippen molar-refractivity contribution in [1.29, 1.82) is 0 Å². The zero-order chi connectivity index (χ0) is 16.7. The molecular weight excluding hydrogens is 295 g/mol. The van der Waals surface area contributed by atoms with E-state index in [0.29, 0.717) is 5.82 Å². The van der Waals surface area contributed by atoms with Gasteiger partial charge in [0.25, 0.3) is 5.91 Å². The maximum Gasteiger partial charge on any atom is 0.256 e. The van der Waals surface area contributed by atoms with Crippen LogP contribution in [-0.2, 0) is 0 Å². The number of rotatable bonds is 7. The van der Waals surface area contributed by atoms with Crippen molar-refractivity contribution in [1.82, 2.24) is 10.2 Å². The summed E-state index contributed by atoms with van der Waals surface area (Å²) in [7, 11) is 0. The van der Waals surface area contributed by atoms with Gasteiger partial charge in [-0.15, -0.1) is 10.2 Å². The zero-order valence-corrected chi connectivity index (χ0v) is 13.4. The molecule has 0 spiro atoms. The fourth-order valence-corrected chi connectivity index (χ4v) is 2.26. The third kappa shape index (κ3) is 4.74. The lowest BCUT2D eigenvalue weighted by Gasteiger charge is -2.21. The highest BCUT2D eigenvalue weighted by Gasteiger charge is 2.10. The molecule has 1 aromatic heterocycles. The number of nitrogens with zero attached hydrogens (tertiary/aromatic N) is 3. The van der Waals surface area contributed by atoms with Gasteiger partial charge in [-0.05, 0) is 43.2 Å². The molecule has 23 heavy (non-hydrogen) atoms. The minimum atomic E-state index is -0.450. The number of amides is 1. The van der Waals surface area contributed by atoms with E-state index < -0.39 is 11.7 Å². The number of nitrogens with one attached hydrogen (secondary N) is 1. The first-order valence-electron chi connectivity index (χ1n) is 7.79. The van der Waals surface area contributed by atoms with Crippen molar-refractivity contribution in [2.24, 2.45) is 0 Å². The molecule has 1 N–H and O–H groups in total. The van der Waals surface area contributed by atoms with E-state index >= 15 is 0 Å². The first-order valence-corrected chi connectivity index (χ1v) is 7.79. The highest BCUT2D eigenvalue weighted by Crippen LogP contribution is 2.14. The van der Waals surface area contributed by atoms with Gasteiger partial charge >= 0.3 is 0 Å². The molecule has 0 fully saturated rings. The largest absolute Gasteiger partial charge is 0.355 e. The summed E-state index contributed by atoms with van der Waals surface area (Å²) in [5.41, 5.74) is 0.245. The first-order chi connectivity index (χ1) is 11.1. The quantitative estimate of drug-likeness (QED) is 0.849. The van der Waals surface area contributed by atoms with Crippen molar-refractivity contribution in [2.45, 2.75) is 26.7 Å². The van der Waals surface area contributed by atoms with Crippen LogP contribution in [0.5, 0.6) is 0 Å². The molecule has 0 saturated carbocycles. The van der Waals surface area contributed by atoms with Crippen LogP contribution < -0.4 is 10.2 Å². The molecule has 122 valence electrons. The van der Waals surface area contributed by atoms with Gasteiger partial charge < -0.3 is 10.2 Å². The standard InChI is InChI=1S/C17H21FN4O/c1-3-10-22(11-4-2)16-9-8-15(20-21-16)19-17(23)13-6-5-7-14(18)12-13/h5-9,12H,3-4,10-11H2,1-2H3,(H,19,20,23). The van der Waals surface area contributed by atoms with Crippen LogP contribution >= 0.6 is 0 Å². The molecule has 0 atom stereocenters. The average Bonchev–Trinajstić information content (AvgIpc) is 2.55. The highest BCUT2D eigenvalue weighted by molar-refractivity contribution is 6.03. The Labute approximate surface area is 135 Å². The molecular formula is C17H21FN4O. The van der Waals surface area contributed by atoms with Crippen LogP contribution in [0.2, 0.25) is 0 Å². The molecule has 0 aliphatic rings. The predicted molar refractivity (Wildman–Crippen MR) is 89.2 cm³/mol. The maximum atomic E-state index is 13.1. The Balaban J connectivity index is 2.06. The molecule has 0 saturated heterocycles. The lowest BCUT2D eigenvalue weighted by atomic mass is 10.2. The summed E-state index contributed by atoms with van der Waals surface area (Å²) < 4.78 is 13.1. The highest BCUT2D eigenvalue weighted by atomic mass is 19.1. The zero-order valence-electron chi connectivity index (χ0n) is 13.4. The van der Waals surface area contributed by atoms with Gasteiger partial charge in [0, 0.05) is 18.7 Å². The number of aromatic nitrogens is 2. The summed E-state index contributed by atoms with van der Waals surface area (Å²) in [6.45, 7) is 6.06. The Kier molecular flexibility index (Phi) is 6.02. The maximum absolute atomic E-state index is 13.1. The second-order valence-corrected chi connectivity index (χ2v) is 5.23. The van der Waals surface area contributed by atoms with Crippen molar-refractivity contribution < 1.29 is 9.18 Å². The van der Waals surface area contributed by atoms with Gasteiger partial charge in [-0.1, -0.05) is 19.9 Å². The van der Waals surface area contributed by atoms with Crippen molar-refractivity contribution in [2.75, 3.05) is 23.3 Å². The first kappa shape index (κ1) is 16.9. The molecule has 1 heterocycles. The fraction of sp³-hybridized carbons (Fsp3) is 0.353. The molecule has 2 aromatic rings. The molecule has 5 nitrogen and oxygen atoms in total. The number of halogens is 1. The van der Waals surface area contributed by atoms with Gasteiger partial charge in [0.2, 0.25) is 0 Å². The molecule has 1 amide bonds. The Morgan fingerprint density at radius 3 is 2.43 bits per heavy atom. The van der Waals surface area contributed by atoms with Crippen molar-refractivity contribution >= 4 is 17.5 Å². The van der Waals surface area contributed by atoms with Gasteiger partial charge in [-0.2, -0.15) is 0 Å². The number of hydrogen-bond donors (Lipinski definition) is 1. The molecule has 0 bridgehead atoms. The number of benzene rings is 1. The van der Waals surface area contributed by atoms with Gasteiger partial charge in [-0.3, -0.25) is 4.79 Å². The molecule has 0 unspecified atom stereocenters. The van der Waals surface area contributed by atoms with E-state index in [4.69, 9.17) is 0 Å². The number of carbonyl (C=O) groups excluding carboxylic acids is 1. The van der Waals surface area contributed by atoms with Gasteiger partial charge in [0.1, 0.15) is 5.82 Å². The second-order valence-electron chi connectivity index (χ2n) is 5.23. The van der Waals surface area contributed by atoms with Crippen LogP contribution in [0.15, 0.2) is 36.4 Å². The summed E-state index contributed by atoms with van der Waals surface area (Å²) in [6.07, 6.45) is 2.06. The fourth-order valence-electron chi connectivity index (χ4n) is 2.26. The van der Waals surface area contributed by atoms with Gasteiger partial charge in [0.05, 0.1) is 0 Å². The monoisotopic (exact) mass is 316 g/mol. The van der Waals surface area contributed by atoms with E-state index in [-0.39, 0.29) is 5.56 Å². The van der Waals surface area contributed by atoms with E-state index in [9.17, 15) is 9.18 Å². The van der Waals surface area contributed by atoms with E-state index in [2.05, 4.69) is 34.3 Å². The molecule has 0 radical (unpaired) electrons. The van der Waals surface area contributed by atoms with Crippen molar-refractivity contribution in [3.05, 3.63) is 47.8 Å². The summed E-state index contributed by atoms with van der Waals surface area (Å²) in [5, 5.41) is 10.8. The Morgan fingerprint density at radius 1 is 1.13 bits per heavy atom. The van der Waals surface area contributed by atoms with Crippen LogP contribution in [0.4, 0.5) is 16.0 Å². The lowest BCUT2D eigenvalue weighted by molar-refractivity contribution is 0.102. The predicted octanol–water partition coefficient (Wildman–Crippen LogP) is 3.49. The number of anilines is 2. The summed E-state index contributed by atoms with van der Waals surface area (Å²) in [4.78, 5) is 14.2. The van der Waals surface area contributed by atoms with Gasteiger partial charge in [0.15, 0.2) is 11.6 Å². The Bertz CT molecular complexity index is 639. The van der Waals surface area contributed by atoms with Crippen LogP contribution in [0.1, 0.15) is 37.0 Å². The van der Waals surface area contributed by atoms with Gasteiger partial charge in [-0.25, -0.2) is 4.39 Å². The van der Waals surface area contributed by atoms with Crippen LogP contribution in [-0.4, -0.2) is 29.2 Å². The van der Waals surface area contributed by atoms with Crippen molar-refractivity contribution in [3.8, 4) is 0 Å². The lowest BCUT2D eigenvalue weighted by Crippen LogP contribution is -2.26. The van der Waals surface area contributed by atoms with Crippen LogP contribution in [0, 0.1) is 5.82 Å². The smallest absolute Gasteiger partial charge is 0.256 e. The van der Waals surface area contributed by atoms with E-state index in [1.807, 2.05) is 6.07 Å². The minimum absolute atomic E-state index is 0.245. The summed E-state index contributed by atoms with van der Waals surface area (Å²) in [5.74, 6) is 0.271. The topological polar surface area (TPSA) is 58.1 Å². The van der Waals surface area contributed by atoms with Crippen LogP contribution in [0.3, 0.4) is 0 Å². The number of carbonyl (C=O) groups is 1. The second kappa shape index (κ2) is 8.22. The molecule has 2 rings (SSSR count). The Hall–Kier alpha value is -2.50. The average molecular weight is 316 g/mol. The molecule has 0 aliphatic heterocycles. The molecule has 1 aromatic carbocycles. The summed E-state index contributed by atoms with van der Waals surface area (Å²) in [6, 6.07) is 9.05. The molecule has 0 aliphatic carbocycles.